The van der Waals surface area contributed by atoms with E-state index in [0.29, 0.717) is 6.42 Å². The van der Waals surface area contributed by atoms with Crippen LogP contribution in [0.5, 0.6) is 0 Å². The number of azo groups is 1. The minimum atomic E-state index is -0.459. The van der Waals surface area contributed by atoms with Crippen LogP contribution >= 0.6 is 0 Å². The molecule has 1 atom stereocenters. The second kappa shape index (κ2) is 4.72. The maximum atomic E-state index is 11.5. The highest BCUT2D eigenvalue weighted by Gasteiger charge is 2.28. The van der Waals surface area contributed by atoms with Crippen LogP contribution in [0, 0.1) is 11.3 Å². The molecule has 1 amide bonds. The summed E-state index contributed by atoms with van der Waals surface area (Å²) in [5.41, 5.74) is 1.20. The van der Waals surface area contributed by atoms with Crippen molar-refractivity contribution in [1.29, 1.82) is 5.41 Å². The molecule has 3 rings (SSSR count). The normalized spacial score (nSPS) is 18.4. The van der Waals surface area contributed by atoms with Crippen molar-refractivity contribution < 1.29 is 4.79 Å². The van der Waals surface area contributed by atoms with Crippen molar-refractivity contribution >= 4 is 22.5 Å². The topological polar surface area (TPSA) is 65.6 Å². The Labute approximate surface area is 110 Å². The van der Waals surface area contributed by atoms with Gasteiger partial charge in [-0.05, 0) is 29.2 Å². The first-order valence-electron chi connectivity index (χ1n) is 6.26. The number of hydrogen-bond donors (Lipinski definition) is 1. The molecule has 0 saturated carbocycles. The first kappa shape index (κ1) is 11.7. The quantitative estimate of drug-likeness (QED) is 0.893. The van der Waals surface area contributed by atoms with Gasteiger partial charge in [-0.25, -0.2) is 0 Å². The molecule has 0 aromatic heterocycles. The molecule has 1 heterocycles. The molecule has 0 spiro atoms. The fraction of sp³-hybridized carbons (Fsp3) is 0.200. The molecule has 0 fully saturated rings. The van der Waals surface area contributed by atoms with Crippen LogP contribution in [0.4, 0.5) is 0 Å². The van der Waals surface area contributed by atoms with Crippen molar-refractivity contribution in [2.45, 2.75) is 12.8 Å². The summed E-state index contributed by atoms with van der Waals surface area (Å²) in [7, 11) is 0. The summed E-state index contributed by atoms with van der Waals surface area (Å²) in [6.45, 7) is 0. The van der Waals surface area contributed by atoms with Crippen LogP contribution < -0.4 is 0 Å². The molecule has 0 aliphatic carbocycles. The zero-order chi connectivity index (χ0) is 13.2. The number of amidine groups is 1. The number of amides is 1. The molecule has 0 radical (unpaired) electrons. The van der Waals surface area contributed by atoms with Gasteiger partial charge in [0.15, 0.2) is 5.84 Å². The summed E-state index contributed by atoms with van der Waals surface area (Å²) >= 11 is 0. The summed E-state index contributed by atoms with van der Waals surface area (Å²) in [6, 6.07) is 14.4. The van der Waals surface area contributed by atoms with Crippen molar-refractivity contribution in [2.24, 2.45) is 16.1 Å². The molecule has 2 aromatic rings. The molecule has 94 valence electrons. The number of rotatable bonds is 3. The molecule has 1 N–H and O–H groups in total. The van der Waals surface area contributed by atoms with Crippen LogP contribution in [-0.2, 0) is 11.2 Å². The number of fused-ring (bicyclic) bond motifs is 1. The van der Waals surface area contributed by atoms with Crippen LogP contribution in [-0.4, -0.2) is 11.7 Å². The van der Waals surface area contributed by atoms with Gasteiger partial charge in [-0.2, -0.15) is 0 Å². The Hall–Kier alpha value is -2.36. The maximum Gasteiger partial charge on any atom is 0.275 e. The SMILES string of the molecule is N=C1N=NC(=O)C1CCc1cccc2ccccc12. The van der Waals surface area contributed by atoms with Crippen LogP contribution in [0.15, 0.2) is 52.7 Å². The van der Waals surface area contributed by atoms with E-state index in [-0.39, 0.29) is 11.7 Å². The number of benzene rings is 2. The van der Waals surface area contributed by atoms with Gasteiger partial charge in [0.25, 0.3) is 5.91 Å². The van der Waals surface area contributed by atoms with Crippen molar-refractivity contribution in [3.05, 3.63) is 48.0 Å². The molecule has 4 nitrogen and oxygen atoms in total. The lowest BCUT2D eigenvalue weighted by molar-refractivity contribution is -0.119. The summed E-state index contributed by atoms with van der Waals surface area (Å²) < 4.78 is 0. The molecule has 4 heteroatoms. The van der Waals surface area contributed by atoms with E-state index in [2.05, 4.69) is 34.5 Å². The highest BCUT2D eigenvalue weighted by Crippen LogP contribution is 2.23. The van der Waals surface area contributed by atoms with Gasteiger partial charge in [-0.15, -0.1) is 10.2 Å². The van der Waals surface area contributed by atoms with E-state index in [1.54, 1.807) is 0 Å². The Morgan fingerprint density at radius 2 is 1.84 bits per heavy atom. The third-order valence-corrected chi connectivity index (χ3v) is 3.47. The van der Waals surface area contributed by atoms with Gasteiger partial charge >= 0.3 is 0 Å². The minimum Gasteiger partial charge on any atom is -0.284 e. The Bertz CT molecular complexity index is 667. The van der Waals surface area contributed by atoms with E-state index >= 15 is 0 Å². The maximum absolute atomic E-state index is 11.5. The predicted molar refractivity (Wildman–Crippen MR) is 73.3 cm³/mol. The second-order valence-corrected chi connectivity index (χ2v) is 4.65. The first-order valence-corrected chi connectivity index (χ1v) is 6.26. The van der Waals surface area contributed by atoms with Crippen LogP contribution in [0.2, 0.25) is 0 Å². The molecule has 2 aromatic carbocycles. The highest BCUT2D eigenvalue weighted by atomic mass is 16.2. The van der Waals surface area contributed by atoms with Gasteiger partial charge in [0.1, 0.15) is 5.92 Å². The molecular weight excluding hydrogens is 238 g/mol. The van der Waals surface area contributed by atoms with E-state index < -0.39 is 5.92 Å². The van der Waals surface area contributed by atoms with E-state index in [9.17, 15) is 4.79 Å². The average Bonchev–Trinajstić information content (AvgIpc) is 2.76. The highest BCUT2D eigenvalue weighted by molar-refractivity contribution is 6.06. The fourth-order valence-corrected chi connectivity index (χ4v) is 2.43. The molecule has 0 saturated heterocycles. The number of hydrogen-bond acceptors (Lipinski definition) is 2. The molecule has 1 aliphatic rings. The third-order valence-electron chi connectivity index (χ3n) is 3.47. The molecule has 19 heavy (non-hydrogen) atoms. The third kappa shape index (κ3) is 2.17. The van der Waals surface area contributed by atoms with Crippen molar-refractivity contribution in [3.8, 4) is 0 Å². The average molecular weight is 251 g/mol. The minimum absolute atomic E-state index is 0.0882. The summed E-state index contributed by atoms with van der Waals surface area (Å²) in [5, 5.41) is 17.0. The van der Waals surface area contributed by atoms with E-state index in [4.69, 9.17) is 5.41 Å². The van der Waals surface area contributed by atoms with Crippen LogP contribution in [0.25, 0.3) is 10.8 Å². The summed E-state index contributed by atoms with van der Waals surface area (Å²) in [4.78, 5) is 11.5. The zero-order valence-corrected chi connectivity index (χ0v) is 10.3. The standard InChI is InChI=1S/C15H13N3O/c16-14-13(15(19)18-17-14)9-8-11-6-3-5-10-4-1-2-7-12(10)11/h1-7,13,16H,8-9H2. The van der Waals surface area contributed by atoms with Gasteiger partial charge in [0, 0.05) is 0 Å². The molecule has 1 unspecified atom stereocenters. The lowest BCUT2D eigenvalue weighted by atomic mass is 9.95. The van der Waals surface area contributed by atoms with Crippen LogP contribution in [0.1, 0.15) is 12.0 Å². The number of carbonyl (C=O) groups is 1. The van der Waals surface area contributed by atoms with Gasteiger partial charge in [-0.3, -0.25) is 10.2 Å². The number of nitrogens with zero attached hydrogens (tertiary/aromatic N) is 2. The van der Waals surface area contributed by atoms with Crippen molar-refractivity contribution in [1.82, 2.24) is 0 Å². The van der Waals surface area contributed by atoms with Crippen LogP contribution in [0.3, 0.4) is 0 Å². The molecule has 1 aliphatic heterocycles. The van der Waals surface area contributed by atoms with Gasteiger partial charge in [-0.1, -0.05) is 42.5 Å². The molecular formula is C15H13N3O. The monoisotopic (exact) mass is 251 g/mol. The fourth-order valence-electron chi connectivity index (χ4n) is 2.43. The van der Waals surface area contributed by atoms with E-state index in [1.807, 2.05) is 18.2 Å². The molecule has 0 bridgehead atoms. The predicted octanol–water partition coefficient (Wildman–Crippen LogP) is 3.36. The number of nitrogens with one attached hydrogen (secondary N) is 1. The van der Waals surface area contributed by atoms with Crippen molar-refractivity contribution in [3.63, 3.8) is 0 Å². The second-order valence-electron chi connectivity index (χ2n) is 4.65. The Kier molecular flexibility index (Phi) is 2.91. The first-order chi connectivity index (χ1) is 9.25. The Morgan fingerprint density at radius 3 is 2.63 bits per heavy atom. The largest absolute Gasteiger partial charge is 0.284 e. The van der Waals surface area contributed by atoms with Gasteiger partial charge < -0.3 is 0 Å². The van der Waals surface area contributed by atoms with Crippen molar-refractivity contribution in [2.75, 3.05) is 0 Å². The number of carbonyl (C=O) groups excluding carboxylic acids is 1. The van der Waals surface area contributed by atoms with E-state index in [0.717, 1.165) is 6.42 Å². The van der Waals surface area contributed by atoms with Gasteiger partial charge in [0.2, 0.25) is 0 Å². The Morgan fingerprint density at radius 1 is 1.05 bits per heavy atom. The summed E-state index contributed by atoms with van der Waals surface area (Å²) in [5.74, 6) is -0.658. The van der Waals surface area contributed by atoms with E-state index in [1.165, 1.54) is 16.3 Å². The smallest absolute Gasteiger partial charge is 0.275 e. The summed E-state index contributed by atoms with van der Waals surface area (Å²) in [6.07, 6.45) is 1.35. The lowest BCUT2D eigenvalue weighted by Gasteiger charge is -2.08. The zero-order valence-electron chi connectivity index (χ0n) is 10.3. The Balaban J connectivity index is 1.83. The van der Waals surface area contributed by atoms with Gasteiger partial charge in [0.05, 0.1) is 0 Å². The lowest BCUT2D eigenvalue weighted by Crippen LogP contribution is -2.15. The number of aryl methyl sites for hydroxylation is 1.